The second-order valence-electron chi connectivity index (χ2n) is 7.42. The molecule has 0 radical (unpaired) electrons. The maximum atomic E-state index is 14.0. The molecule has 5 rings (SSSR count). The predicted molar refractivity (Wildman–Crippen MR) is 111 cm³/mol. The van der Waals surface area contributed by atoms with Gasteiger partial charge in [0.2, 0.25) is 6.23 Å². The van der Waals surface area contributed by atoms with E-state index in [9.17, 15) is 8.78 Å². The Labute approximate surface area is 178 Å². The number of nitrogens with zero attached hydrogens (tertiary/aromatic N) is 2. The number of ether oxygens (including phenoxy) is 3. The summed E-state index contributed by atoms with van der Waals surface area (Å²) in [6, 6.07) is 16.9. The van der Waals surface area contributed by atoms with E-state index in [1.165, 1.54) is 6.07 Å². The maximum absolute atomic E-state index is 14.0. The Bertz CT molecular complexity index is 1160. The zero-order chi connectivity index (χ0) is 21.5. The maximum Gasteiger partial charge on any atom is 0.213 e. The standard InChI is InChI=1S/C24H20F2N2O3/c1-29-16-6-3-14(4-7-16)21-13-22-18-12-17(30-2)8-10-23(18)31-24(28(22)27-21)15-5-9-19(25)20(26)11-15/h3-12,22,24H,13H2,1-2H3/t22-,24+/m0/s1. The Morgan fingerprint density at radius 3 is 2.35 bits per heavy atom. The molecule has 0 aromatic heterocycles. The fourth-order valence-corrected chi connectivity index (χ4v) is 4.04. The summed E-state index contributed by atoms with van der Waals surface area (Å²) in [5.74, 6) is 0.328. The summed E-state index contributed by atoms with van der Waals surface area (Å²) in [5, 5.41) is 6.64. The van der Waals surface area contributed by atoms with Gasteiger partial charge >= 0.3 is 0 Å². The fraction of sp³-hybridized carbons (Fsp3) is 0.208. The molecule has 3 aromatic rings. The van der Waals surface area contributed by atoms with Crippen molar-refractivity contribution in [1.29, 1.82) is 0 Å². The molecular formula is C24H20F2N2O3. The summed E-state index contributed by atoms with van der Waals surface area (Å²) < 4.78 is 44.3. The molecule has 7 heteroatoms. The van der Waals surface area contributed by atoms with Crippen LogP contribution in [0.15, 0.2) is 65.8 Å². The molecule has 0 unspecified atom stereocenters. The number of rotatable bonds is 4. The number of hydrazone groups is 1. The minimum Gasteiger partial charge on any atom is -0.497 e. The van der Waals surface area contributed by atoms with Crippen LogP contribution in [0, 0.1) is 11.6 Å². The highest BCUT2D eigenvalue weighted by molar-refractivity contribution is 6.02. The minimum atomic E-state index is -0.920. The lowest BCUT2D eigenvalue weighted by Crippen LogP contribution is -2.33. The van der Waals surface area contributed by atoms with E-state index in [0.29, 0.717) is 23.5 Å². The third kappa shape index (κ3) is 3.36. The second-order valence-corrected chi connectivity index (χ2v) is 7.42. The molecule has 0 saturated carbocycles. The molecule has 0 amide bonds. The summed E-state index contributed by atoms with van der Waals surface area (Å²) in [4.78, 5) is 0. The highest BCUT2D eigenvalue weighted by atomic mass is 19.2. The van der Waals surface area contributed by atoms with Crippen molar-refractivity contribution in [3.8, 4) is 17.2 Å². The normalized spacial score (nSPS) is 19.2. The van der Waals surface area contributed by atoms with Crippen LogP contribution in [0.25, 0.3) is 0 Å². The minimum absolute atomic E-state index is 0.130. The second kappa shape index (κ2) is 7.58. The lowest BCUT2D eigenvalue weighted by atomic mass is 9.95. The van der Waals surface area contributed by atoms with Crippen molar-refractivity contribution < 1.29 is 23.0 Å². The first-order valence-corrected chi connectivity index (χ1v) is 9.87. The number of hydrogen-bond donors (Lipinski definition) is 0. The number of hydrogen-bond acceptors (Lipinski definition) is 5. The molecule has 2 aliphatic heterocycles. The van der Waals surface area contributed by atoms with E-state index >= 15 is 0 Å². The number of halogens is 2. The lowest BCUT2D eigenvalue weighted by Gasteiger charge is -2.38. The largest absolute Gasteiger partial charge is 0.497 e. The Morgan fingerprint density at radius 2 is 1.65 bits per heavy atom. The molecular weight excluding hydrogens is 402 g/mol. The van der Waals surface area contributed by atoms with E-state index in [-0.39, 0.29) is 6.04 Å². The summed E-state index contributed by atoms with van der Waals surface area (Å²) in [6.07, 6.45) is -0.0486. The van der Waals surface area contributed by atoms with Crippen molar-refractivity contribution in [2.24, 2.45) is 5.10 Å². The van der Waals surface area contributed by atoms with Crippen LogP contribution in [0.1, 0.15) is 35.4 Å². The highest BCUT2D eigenvalue weighted by Crippen LogP contribution is 2.48. The SMILES string of the molecule is COc1ccc(C2=NN3[C@@H](c4ccc(F)c(F)c4)Oc4ccc(OC)cc4[C@@H]3C2)cc1. The lowest BCUT2D eigenvalue weighted by molar-refractivity contribution is -0.0193. The molecule has 0 fully saturated rings. The summed E-state index contributed by atoms with van der Waals surface area (Å²) in [5.41, 5.74) is 3.26. The van der Waals surface area contributed by atoms with Gasteiger partial charge in [0.15, 0.2) is 11.6 Å². The monoisotopic (exact) mass is 422 g/mol. The molecule has 0 aliphatic carbocycles. The van der Waals surface area contributed by atoms with Gasteiger partial charge in [0.25, 0.3) is 0 Å². The first-order valence-electron chi connectivity index (χ1n) is 9.87. The zero-order valence-electron chi connectivity index (χ0n) is 17.0. The quantitative estimate of drug-likeness (QED) is 0.578. The number of benzene rings is 3. The van der Waals surface area contributed by atoms with Gasteiger partial charge in [-0.3, -0.25) is 0 Å². The Balaban J connectivity index is 1.58. The van der Waals surface area contributed by atoms with Gasteiger partial charge < -0.3 is 14.2 Å². The molecule has 2 atom stereocenters. The molecule has 3 aromatic carbocycles. The van der Waals surface area contributed by atoms with Gasteiger partial charge in [0.1, 0.15) is 17.2 Å². The summed E-state index contributed by atoms with van der Waals surface area (Å²) in [7, 11) is 3.23. The number of fused-ring (bicyclic) bond motifs is 3. The smallest absolute Gasteiger partial charge is 0.213 e. The molecule has 31 heavy (non-hydrogen) atoms. The highest BCUT2D eigenvalue weighted by Gasteiger charge is 2.41. The van der Waals surface area contributed by atoms with Crippen molar-refractivity contribution in [1.82, 2.24) is 5.01 Å². The van der Waals surface area contributed by atoms with Crippen LogP contribution in [0.2, 0.25) is 0 Å². The first-order chi connectivity index (χ1) is 15.1. The Kier molecular flexibility index (Phi) is 4.73. The van der Waals surface area contributed by atoms with Crippen LogP contribution in [-0.2, 0) is 0 Å². The summed E-state index contributed by atoms with van der Waals surface area (Å²) >= 11 is 0. The van der Waals surface area contributed by atoms with Gasteiger partial charge in [0, 0.05) is 17.5 Å². The van der Waals surface area contributed by atoms with Gasteiger partial charge in [-0.2, -0.15) is 5.10 Å². The topological polar surface area (TPSA) is 43.3 Å². The van der Waals surface area contributed by atoms with Crippen LogP contribution in [0.5, 0.6) is 17.2 Å². The van der Waals surface area contributed by atoms with Crippen molar-refractivity contribution in [2.45, 2.75) is 18.7 Å². The Hall–Kier alpha value is -3.61. The summed E-state index contributed by atoms with van der Waals surface area (Å²) in [6.45, 7) is 0. The van der Waals surface area contributed by atoms with Gasteiger partial charge in [-0.1, -0.05) is 6.07 Å². The van der Waals surface area contributed by atoms with Gasteiger partial charge in [-0.05, 0) is 60.2 Å². The average Bonchev–Trinajstić information content (AvgIpc) is 3.26. The Morgan fingerprint density at radius 1 is 0.903 bits per heavy atom. The van der Waals surface area contributed by atoms with E-state index in [2.05, 4.69) is 0 Å². The molecule has 5 nitrogen and oxygen atoms in total. The van der Waals surface area contributed by atoms with Crippen molar-refractivity contribution in [3.63, 3.8) is 0 Å². The van der Waals surface area contributed by atoms with Crippen LogP contribution < -0.4 is 14.2 Å². The van der Waals surface area contributed by atoms with E-state index < -0.39 is 17.9 Å². The van der Waals surface area contributed by atoms with Crippen molar-refractivity contribution in [3.05, 3.63) is 89.0 Å². The van der Waals surface area contributed by atoms with E-state index in [1.807, 2.05) is 47.5 Å². The predicted octanol–water partition coefficient (Wildman–Crippen LogP) is 5.22. The van der Waals surface area contributed by atoms with E-state index in [1.54, 1.807) is 14.2 Å². The molecule has 2 aliphatic rings. The third-order valence-electron chi connectivity index (χ3n) is 5.65. The van der Waals surface area contributed by atoms with Crippen LogP contribution in [0.4, 0.5) is 8.78 Å². The molecule has 158 valence electrons. The molecule has 0 spiro atoms. The van der Waals surface area contributed by atoms with Crippen molar-refractivity contribution in [2.75, 3.05) is 14.2 Å². The molecule has 0 N–H and O–H groups in total. The number of methoxy groups -OCH3 is 2. The van der Waals surface area contributed by atoms with Crippen molar-refractivity contribution >= 4 is 5.71 Å². The van der Waals surface area contributed by atoms with Gasteiger partial charge in [0.05, 0.1) is 26.0 Å². The molecule has 0 saturated heterocycles. The van der Waals surface area contributed by atoms with E-state index in [0.717, 1.165) is 34.7 Å². The van der Waals surface area contributed by atoms with E-state index in [4.69, 9.17) is 19.3 Å². The zero-order valence-corrected chi connectivity index (χ0v) is 17.0. The van der Waals surface area contributed by atoms with Gasteiger partial charge in [-0.25, -0.2) is 13.8 Å². The fourth-order valence-electron chi connectivity index (χ4n) is 4.04. The first kappa shape index (κ1) is 19.4. The molecule has 2 heterocycles. The van der Waals surface area contributed by atoms with Crippen LogP contribution in [-0.4, -0.2) is 24.9 Å². The van der Waals surface area contributed by atoms with Crippen LogP contribution in [0.3, 0.4) is 0 Å². The third-order valence-corrected chi connectivity index (χ3v) is 5.65. The average molecular weight is 422 g/mol. The van der Waals surface area contributed by atoms with Gasteiger partial charge in [-0.15, -0.1) is 0 Å². The molecule has 0 bridgehead atoms. The van der Waals surface area contributed by atoms with Crippen LogP contribution >= 0.6 is 0 Å².